The Hall–Kier alpha value is -1.04. The highest BCUT2D eigenvalue weighted by Gasteiger charge is 2.44. The summed E-state index contributed by atoms with van der Waals surface area (Å²) in [6, 6.07) is 0. The van der Waals surface area contributed by atoms with Gasteiger partial charge in [0.15, 0.2) is 0 Å². The molecule has 8 heterocycles. The van der Waals surface area contributed by atoms with Crippen LogP contribution in [0.1, 0.15) is 103 Å². The quantitative estimate of drug-likeness (QED) is 0.0395. The summed E-state index contributed by atoms with van der Waals surface area (Å²) in [5, 5.41) is 93.9. The number of likely N-dealkylation sites (N-methyl/N-ethyl adjacent to an activating group) is 8. The molecule has 0 amide bonds. The number of aliphatic hydroxyl groups is 8. The van der Waals surface area contributed by atoms with Gasteiger partial charge in [0, 0.05) is 103 Å². The number of rotatable bonds is 56. The summed E-state index contributed by atoms with van der Waals surface area (Å²) in [7, 11) is 17.6. The molecule has 616 valence electrons. The Morgan fingerprint density at radius 2 is 0.276 bits per heavy atom. The monoisotopic (exact) mass is 1510 g/mol. The van der Waals surface area contributed by atoms with Gasteiger partial charge in [-0.2, -0.15) is 0 Å². The lowest BCUT2D eigenvalue weighted by molar-refractivity contribution is -0.900. The fourth-order valence-electron chi connectivity index (χ4n) is 19.8. The molecule has 8 aliphatic rings. The van der Waals surface area contributed by atoms with Crippen LogP contribution in [0.4, 0.5) is 0 Å². The smallest absolute Gasteiger partial charge is 0.126 e. The van der Waals surface area contributed by atoms with E-state index in [4.69, 9.17) is 47.4 Å². The van der Waals surface area contributed by atoms with E-state index < -0.39 is 65.1 Å². The van der Waals surface area contributed by atoms with Crippen molar-refractivity contribution >= 4 is 0 Å². The van der Waals surface area contributed by atoms with Gasteiger partial charge in [0.05, 0.1) is 309 Å². The van der Waals surface area contributed by atoms with Gasteiger partial charge < -0.3 is 124 Å². The maximum Gasteiger partial charge on any atom is 0.126 e. The number of ether oxygens (including phenoxy) is 10. The van der Waals surface area contributed by atoms with Crippen molar-refractivity contribution in [1.82, 2.24) is 0 Å². The SMILES string of the molecule is C[N+]1(CC(O)COCC(COCC(O)C[N+]2(C)CCCC2)(COCC(O)C[N+]2(C)CCCC2)COCC(COCC(O)C[N+]2(C)CCCC2)(COCC(O)C[N+]2(C)CCCC2)COCC(COCC(O)C[N+]2(C)CCCC2)(COCC(O)C[N+]2(C)CCCC2)COCC(O)C[N+]2(C)CCCC2)CCCC1. The van der Waals surface area contributed by atoms with Gasteiger partial charge in [-0.3, -0.25) is 0 Å². The minimum Gasteiger partial charge on any atom is -0.385 e. The summed E-state index contributed by atoms with van der Waals surface area (Å²) >= 11 is 0. The zero-order valence-corrected chi connectivity index (χ0v) is 67.8. The molecule has 0 saturated carbocycles. The molecule has 8 aliphatic heterocycles. The Morgan fingerprint density at radius 3 is 0.381 bits per heavy atom. The van der Waals surface area contributed by atoms with Crippen molar-refractivity contribution in [2.75, 3.05) is 346 Å². The average Bonchev–Trinajstić information content (AvgIpc) is 1.82. The van der Waals surface area contributed by atoms with Crippen molar-refractivity contribution in [1.29, 1.82) is 0 Å². The van der Waals surface area contributed by atoms with Gasteiger partial charge in [0.1, 0.15) is 101 Å². The molecule has 0 radical (unpaired) electrons. The lowest BCUT2D eigenvalue weighted by Gasteiger charge is -2.39. The van der Waals surface area contributed by atoms with Crippen LogP contribution in [-0.2, 0) is 47.4 Å². The third-order valence-electron chi connectivity index (χ3n) is 25.8. The van der Waals surface area contributed by atoms with Crippen molar-refractivity contribution in [2.24, 2.45) is 16.2 Å². The van der Waals surface area contributed by atoms with E-state index in [1.165, 1.54) is 0 Å². The zero-order chi connectivity index (χ0) is 75.6. The fraction of sp³-hybridized carbons (Fsp3) is 1.00. The predicted molar refractivity (Wildman–Crippen MR) is 404 cm³/mol. The molecule has 0 aromatic rings. The highest BCUT2D eigenvalue weighted by atomic mass is 16.6. The summed E-state index contributed by atoms with van der Waals surface area (Å²) < 4.78 is 74.3. The van der Waals surface area contributed by atoms with E-state index in [0.29, 0.717) is 52.4 Å². The molecule has 8 unspecified atom stereocenters. The molecule has 0 spiro atoms. The zero-order valence-electron chi connectivity index (χ0n) is 67.8. The average molecular weight is 1510 g/mol. The molecule has 26 heteroatoms. The Kier molecular flexibility index (Phi) is 36.1. The normalized spacial score (nSPS) is 26.3. The molecule has 0 aliphatic carbocycles. The molecule has 0 aromatic carbocycles. The van der Waals surface area contributed by atoms with Gasteiger partial charge in [-0.15, -0.1) is 0 Å². The van der Waals surface area contributed by atoms with Crippen LogP contribution >= 0.6 is 0 Å². The number of nitrogens with zero attached hydrogens (tertiary/aromatic N) is 8. The van der Waals surface area contributed by atoms with Crippen LogP contribution < -0.4 is 0 Å². The van der Waals surface area contributed by atoms with Gasteiger partial charge in [0.25, 0.3) is 0 Å². The van der Waals surface area contributed by atoms with Crippen molar-refractivity contribution in [3.05, 3.63) is 0 Å². The summed E-state index contributed by atoms with van der Waals surface area (Å²) in [4.78, 5) is 0. The minimum atomic E-state index is -1.14. The third kappa shape index (κ3) is 31.4. The topological polar surface area (TPSA) is 254 Å². The van der Waals surface area contributed by atoms with Crippen LogP contribution in [0.3, 0.4) is 0 Å². The molecule has 8 rings (SSSR count). The lowest BCUT2D eigenvalue weighted by atomic mass is 9.89. The molecule has 8 N–H and O–H groups in total. The van der Waals surface area contributed by atoms with E-state index in [1.54, 1.807) is 0 Å². The first-order chi connectivity index (χ1) is 49.9. The van der Waals surface area contributed by atoms with Crippen LogP contribution in [0.25, 0.3) is 0 Å². The number of hydrogen-bond acceptors (Lipinski definition) is 18. The fourth-order valence-corrected chi connectivity index (χ4v) is 19.8. The summed E-state index contributed by atoms with van der Waals surface area (Å²) in [6.07, 6.45) is 11.8. The first-order valence-electron chi connectivity index (χ1n) is 41.8. The van der Waals surface area contributed by atoms with Gasteiger partial charge in [0.2, 0.25) is 0 Å². The second-order valence-electron chi connectivity index (χ2n) is 38.5. The molecule has 8 atom stereocenters. The Bertz CT molecular complexity index is 2040. The van der Waals surface area contributed by atoms with Crippen molar-refractivity contribution < 1.29 is 124 Å². The second-order valence-corrected chi connectivity index (χ2v) is 38.5. The summed E-state index contributed by atoms with van der Waals surface area (Å²) in [5.74, 6) is 0. The van der Waals surface area contributed by atoms with Crippen molar-refractivity contribution in [3.63, 3.8) is 0 Å². The van der Waals surface area contributed by atoms with E-state index in [0.717, 1.165) is 243 Å². The standard InChI is InChI=1S/C79H160N8O18/c1-80(25-9-10-26-80)41-69(88)49-96-57-77(58-97-50-70(89)42-81(2)27-11-12-28-81,59-98-51-71(90)43-82(3)29-13-14-30-82)65-104-67-79(63-102-55-75(94)47-86(7)37-21-22-38-86,64-103-56-76(95)48-87(8)39-23-24-40-87)68-105-66-78(60-99-52-72(91)44-83(4)31-15-16-32-83,61-100-53-73(92)45-84(5)33-17-18-34-84)62-101-54-74(93)46-85(6)35-19-20-36-85/h69-76,88-95H,9-68H2,1-8H3/q+8. The maximum atomic E-state index is 11.9. The summed E-state index contributed by atoms with van der Waals surface area (Å²) in [6.45, 7) is 21.1. The van der Waals surface area contributed by atoms with Gasteiger partial charge in [-0.05, 0) is 0 Å². The molecular weight excluding hydrogens is 1350 g/mol. The maximum absolute atomic E-state index is 11.9. The van der Waals surface area contributed by atoms with Crippen molar-refractivity contribution in [2.45, 2.75) is 152 Å². The molecule has 0 aromatic heterocycles. The molecule has 0 bridgehead atoms. The van der Waals surface area contributed by atoms with E-state index >= 15 is 0 Å². The molecule has 105 heavy (non-hydrogen) atoms. The van der Waals surface area contributed by atoms with Gasteiger partial charge >= 0.3 is 0 Å². The van der Waals surface area contributed by atoms with Crippen LogP contribution in [0, 0.1) is 16.2 Å². The minimum absolute atomic E-state index is 0.00298. The van der Waals surface area contributed by atoms with Gasteiger partial charge in [-0.1, -0.05) is 0 Å². The van der Waals surface area contributed by atoms with Crippen LogP contribution in [0.2, 0.25) is 0 Å². The summed E-state index contributed by atoms with van der Waals surface area (Å²) in [5.41, 5.74) is -3.24. The van der Waals surface area contributed by atoms with Gasteiger partial charge in [-0.25, -0.2) is 0 Å². The first-order valence-corrected chi connectivity index (χ1v) is 41.8. The number of quaternary nitrogens is 8. The van der Waals surface area contributed by atoms with E-state index in [2.05, 4.69) is 56.4 Å². The largest absolute Gasteiger partial charge is 0.385 e. The molecule has 26 nitrogen and oxygen atoms in total. The number of aliphatic hydroxyl groups excluding tert-OH is 8. The van der Waals surface area contributed by atoms with Crippen LogP contribution in [-0.4, -0.2) is 471 Å². The second kappa shape index (κ2) is 42.4. The Balaban J connectivity index is 1.12. The van der Waals surface area contributed by atoms with E-state index in [1.807, 2.05) is 0 Å². The Labute approximate surface area is 634 Å². The highest BCUT2D eigenvalue weighted by molar-refractivity contribution is 4.87. The predicted octanol–water partition coefficient (Wildman–Crippen LogP) is 0.922. The number of hydrogen-bond donors (Lipinski definition) is 8. The van der Waals surface area contributed by atoms with Crippen molar-refractivity contribution in [3.8, 4) is 0 Å². The van der Waals surface area contributed by atoms with E-state index in [9.17, 15) is 40.9 Å². The third-order valence-corrected chi connectivity index (χ3v) is 25.8. The number of likely N-dealkylation sites (tertiary alicyclic amines) is 8. The first kappa shape index (κ1) is 89.5. The highest BCUT2D eigenvalue weighted by Crippen LogP contribution is 2.32. The molecule has 8 fully saturated rings. The lowest BCUT2D eigenvalue weighted by Crippen LogP contribution is -2.51. The Morgan fingerprint density at radius 1 is 0.181 bits per heavy atom. The van der Waals surface area contributed by atoms with Crippen LogP contribution in [0.15, 0.2) is 0 Å². The molecule has 8 saturated heterocycles. The van der Waals surface area contributed by atoms with E-state index in [-0.39, 0.29) is 132 Å². The molecular formula is C79H160N8O18+8. The van der Waals surface area contributed by atoms with Crippen LogP contribution in [0.5, 0.6) is 0 Å².